The molecule has 2 aliphatic rings. The molecule has 0 radical (unpaired) electrons. The topological polar surface area (TPSA) is 68.3 Å². The molecule has 0 saturated carbocycles. The van der Waals surface area contributed by atoms with E-state index in [1.165, 1.54) is 34.0 Å². The Balaban J connectivity index is 1.60. The van der Waals surface area contributed by atoms with Crippen LogP contribution in [0.4, 0.5) is 11.6 Å². The predicted octanol–water partition coefficient (Wildman–Crippen LogP) is 2.48. The summed E-state index contributed by atoms with van der Waals surface area (Å²) in [6.45, 7) is 9.03. The van der Waals surface area contributed by atoms with Gasteiger partial charge in [0, 0.05) is 38.9 Å². The van der Waals surface area contributed by atoms with Crippen LogP contribution in [0.1, 0.15) is 31.7 Å². The zero-order valence-electron chi connectivity index (χ0n) is 19.3. The molecular formula is C24H32N6O2. The first-order valence-corrected chi connectivity index (χ1v) is 11.7. The van der Waals surface area contributed by atoms with Crippen LogP contribution in [0.25, 0.3) is 11.2 Å². The number of hydrogen-bond acceptors (Lipinski definition) is 5. The fourth-order valence-electron chi connectivity index (χ4n) is 5.07. The summed E-state index contributed by atoms with van der Waals surface area (Å²) in [6, 6.07) is 8.36. The van der Waals surface area contributed by atoms with Crippen LogP contribution in [0.2, 0.25) is 0 Å². The van der Waals surface area contributed by atoms with Gasteiger partial charge in [0.2, 0.25) is 5.95 Å². The Bertz CT molecular complexity index is 1250. The van der Waals surface area contributed by atoms with E-state index in [0.29, 0.717) is 30.2 Å². The summed E-state index contributed by atoms with van der Waals surface area (Å²) in [5, 5.41) is 0. The van der Waals surface area contributed by atoms with Crippen molar-refractivity contribution in [3.8, 4) is 0 Å². The number of aromatic nitrogens is 4. The third kappa shape index (κ3) is 3.56. The average Bonchev–Trinajstić information content (AvgIpc) is 3.18. The molecule has 3 aromatic rings. The minimum atomic E-state index is -0.287. The molecule has 0 spiro atoms. The SMILES string of the molecule is Cc1ccc(N2C[C@@H](C)Cn3c2nc2c3c(=O)n(CCN3CCCCC3)c(=O)n2C)cc1. The van der Waals surface area contributed by atoms with Crippen LogP contribution in [0.15, 0.2) is 33.9 Å². The third-order valence-electron chi connectivity index (χ3n) is 6.88. The molecule has 8 heteroatoms. The van der Waals surface area contributed by atoms with E-state index in [-0.39, 0.29) is 11.2 Å². The van der Waals surface area contributed by atoms with Crippen LogP contribution < -0.4 is 16.1 Å². The minimum Gasteiger partial charge on any atom is -0.312 e. The second kappa shape index (κ2) is 8.24. The van der Waals surface area contributed by atoms with E-state index in [1.807, 2.05) is 4.57 Å². The zero-order chi connectivity index (χ0) is 22.4. The maximum Gasteiger partial charge on any atom is 0.332 e. The van der Waals surface area contributed by atoms with E-state index in [1.54, 1.807) is 7.05 Å². The number of rotatable bonds is 4. The van der Waals surface area contributed by atoms with Crippen LogP contribution in [-0.2, 0) is 20.1 Å². The first-order valence-electron chi connectivity index (χ1n) is 11.7. The van der Waals surface area contributed by atoms with E-state index in [4.69, 9.17) is 4.98 Å². The third-order valence-corrected chi connectivity index (χ3v) is 6.88. The van der Waals surface area contributed by atoms with Crippen molar-refractivity contribution in [2.24, 2.45) is 13.0 Å². The van der Waals surface area contributed by atoms with E-state index < -0.39 is 0 Å². The number of fused-ring (bicyclic) bond motifs is 3. The van der Waals surface area contributed by atoms with Gasteiger partial charge in [0.1, 0.15) is 0 Å². The molecule has 2 aliphatic heterocycles. The Hall–Kier alpha value is -2.87. The highest BCUT2D eigenvalue weighted by Gasteiger charge is 2.29. The van der Waals surface area contributed by atoms with Crippen molar-refractivity contribution in [3.63, 3.8) is 0 Å². The van der Waals surface area contributed by atoms with Gasteiger partial charge in [0.15, 0.2) is 11.2 Å². The van der Waals surface area contributed by atoms with Gasteiger partial charge in [-0.2, -0.15) is 4.98 Å². The van der Waals surface area contributed by atoms with Gasteiger partial charge in [-0.3, -0.25) is 13.9 Å². The zero-order valence-corrected chi connectivity index (χ0v) is 19.3. The maximum absolute atomic E-state index is 13.6. The molecular weight excluding hydrogens is 404 g/mol. The highest BCUT2D eigenvalue weighted by molar-refractivity contribution is 5.77. The number of imidazole rings is 1. The Kier molecular flexibility index (Phi) is 5.41. The lowest BCUT2D eigenvalue weighted by Crippen LogP contribution is -2.43. The molecule has 1 saturated heterocycles. The van der Waals surface area contributed by atoms with Gasteiger partial charge < -0.3 is 14.4 Å². The Morgan fingerprint density at radius 1 is 1.00 bits per heavy atom. The van der Waals surface area contributed by atoms with Crippen molar-refractivity contribution in [3.05, 3.63) is 50.7 Å². The summed E-state index contributed by atoms with van der Waals surface area (Å²) >= 11 is 0. The van der Waals surface area contributed by atoms with Crippen molar-refractivity contribution in [2.45, 2.75) is 46.2 Å². The van der Waals surface area contributed by atoms with Crippen LogP contribution in [0, 0.1) is 12.8 Å². The molecule has 1 fully saturated rings. The molecule has 1 aromatic carbocycles. The molecule has 170 valence electrons. The Labute approximate surface area is 187 Å². The van der Waals surface area contributed by atoms with E-state index in [2.05, 4.69) is 47.9 Å². The standard InChI is InChI=1S/C24H32N6O2/c1-17-7-9-19(10-8-17)29-15-18(2)16-30-20-21(25-23(29)30)26(3)24(32)28(22(20)31)14-13-27-11-5-4-6-12-27/h7-10,18H,4-6,11-16H2,1-3H3/t18-/m1/s1. The molecule has 0 bridgehead atoms. The van der Waals surface area contributed by atoms with Crippen molar-refractivity contribution in [2.75, 3.05) is 31.1 Å². The Morgan fingerprint density at radius 2 is 1.72 bits per heavy atom. The summed E-state index contributed by atoms with van der Waals surface area (Å²) in [7, 11) is 1.72. The lowest BCUT2D eigenvalue weighted by molar-refractivity contribution is 0.218. The number of likely N-dealkylation sites (tertiary alicyclic amines) is 1. The number of hydrogen-bond donors (Lipinski definition) is 0. The second-order valence-corrected chi connectivity index (χ2v) is 9.45. The number of anilines is 2. The van der Waals surface area contributed by atoms with Crippen molar-refractivity contribution < 1.29 is 0 Å². The van der Waals surface area contributed by atoms with Crippen LogP contribution in [0.3, 0.4) is 0 Å². The first-order chi connectivity index (χ1) is 15.4. The maximum atomic E-state index is 13.6. The first kappa shape index (κ1) is 21.0. The quantitative estimate of drug-likeness (QED) is 0.629. The van der Waals surface area contributed by atoms with E-state index in [0.717, 1.165) is 37.8 Å². The lowest BCUT2D eigenvalue weighted by Gasteiger charge is -2.33. The van der Waals surface area contributed by atoms with Gasteiger partial charge in [-0.1, -0.05) is 31.0 Å². The van der Waals surface area contributed by atoms with Gasteiger partial charge in [0.25, 0.3) is 5.56 Å². The number of piperidine rings is 1. The van der Waals surface area contributed by atoms with Gasteiger partial charge in [-0.25, -0.2) is 4.79 Å². The minimum absolute atomic E-state index is 0.225. The summed E-state index contributed by atoms with van der Waals surface area (Å²) in [4.78, 5) is 36.0. The molecule has 0 amide bonds. The van der Waals surface area contributed by atoms with E-state index in [9.17, 15) is 9.59 Å². The van der Waals surface area contributed by atoms with Gasteiger partial charge in [0.05, 0.1) is 0 Å². The lowest BCUT2D eigenvalue weighted by atomic mass is 10.1. The van der Waals surface area contributed by atoms with Crippen molar-refractivity contribution in [1.82, 2.24) is 23.6 Å². The summed E-state index contributed by atoms with van der Waals surface area (Å²) < 4.78 is 4.96. The van der Waals surface area contributed by atoms with Gasteiger partial charge in [-0.05, 0) is 50.9 Å². The van der Waals surface area contributed by atoms with Crippen LogP contribution >= 0.6 is 0 Å². The normalized spacial score (nSPS) is 19.5. The molecule has 32 heavy (non-hydrogen) atoms. The predicted molar refractivity (Wildman–Crippen MR) is 127 cm³/mol. The average molecular weight is 437 g/mol. The highest BCUT2D eigenvalue weighted by Crippen LogP contribution is 2.32. The van der Waals surface area contributed by atoms with E-state index >= 15 is 0 Å². The molecule has 8 nitrogen and oxygen atoms in total. The van der Waals surface area contributed by atoms with Crippen molar-refractivity contribution in [1.29, 1.82) is 0 Å². The molecule has 0 aliphatic carbocycles. The molecule has 0 N–H and O–H groups in total. The summed E-state index contributed by atoms with van der Waals surface area (Å²) in [6.07, 6.45) is 3.64. The molecule has 5 rings (SSSR count). The molecule has 0 unspecified atom stereocenters. The number of aryl methyl sites for hydroxylation is 2. The largest absolute Gasteiger partial charge is 0.332 e. The Morgan fingerprint density at radius 3 is 2.44 bits per heavy atom. The fourth-order valence-corrected chi connectivity index (χ4v) is 5.07. The smallest absolute Gasteiger partial charge is 0.312 e. The van der Waals surface area contributed by atoms with Crippen molar-refractivity contribution >= 4 is 22.8 Å². The van der Waals surface area contributed by atoms with Crippen LogP contribution in [0.5, 0.6) is 0 Å². The monoisotopic (exact) mass is 436 g/mol. The summed E-state index contributed by atoms with van der Waals surface area (Å²) in [5.41, 5.74) is 2.74. The molecule has 4 heterocycles. The number of nitrogens with zero attached hydrogens (tertiary/aromatic N) is 6. The molecule has 2 aromatic heterocycles. The van der Waals surface area contributed by atoms with Gasteiger partial charge >= 0.3 is 5.69 Å². The fraction of sp³-hybridized carbons (Fsp3) is 0.542. The highest BCUT2D eigenvalue weighted by atomic mass is 16.2. The number of benzene rings is 1. The molecule has 1 atom stereocenters. The van der Waals surface area contributed by atoms with Gasteiger partial charge in [-0.15, -0.1) is 0 Å². The van der Waals surface area contributed by atoms with Crippen LogP contribution in [-0.4, -0.2) is 49.8 Å². The summed E-state index contributed by atoms with van der Waals surface area (Å²) in [5.74, 6) is 1.09. The second-order valence-electron chi connectivity index (χ2n) is 9.45.